The van der Waals surface area contributed by atoms with Gasteiger partial charge in [-0.05, 0) is 37.3 Å². The van der Waals surface area contributed by atoms with E-state index in [0.29, 0.717) is 0 Å². The van der Waals surface area contributed by atoms with Crippen LogP contribution in [-0.4, -0.2) is 15.6 Å². The highest BCUT2D eigenvalue weighted by Gasteiger charge is 2.20. The predicted molar refractivity (Wildman–Crippen MR) is 103 cm³/mol. The highest BCUT2D eigenvalue weighted by Crippen LogP contribution is 2.29. The number of nitrogens with zero attached hydrogens (tertiary/aromatic N) is 3. The lowest BCUT2D eigenvalue weighted by atomic mass is 9.92. The summed E-state index contributed by atoms with van der Waals surface area (Å²) in [6, 6.07) is 13.0. The molecule has 0 bridgehead atoms. The van der Waals surface area contributed by atoms with Gasteiger partial charge in [-0.3, -0.25) is 25.7 Å². The molecule has 8 heteroatoms. The van der Waals surface area contributed by atoms with E-state index in [1.165, 1.54) is 12.1 Å². The molecule has 0 radical (unpaired) electrons. The molecule has 1 aliphatic rings. The summed E-state index contributed by atoms with van der Waals surface area (Å²) in [5.41, 5.74) is 4.83. The van der Waals surface area contributed by atoms with E-state index in [1.54, 1.807) is 0 Å². The standard InChI is InChI=1S/C19H18N4O4/c24-22(25)16-11-12-17(18(13-16)23(26)27)20-21-19(14-7-3-1-4-8-14)15-9-5-2-6-10-15/h1,3-4,7-9,11-13,20H,2,5-6,10H2/b21-19-. The maximum atomic E-state index is 11.3. The molecule has 0 amide bonds. The summed E-state index contributed by atoms with van der Waals surface area (Å²) in [6.45, 7) is 0. The molecule has 27 heavy (non-hydrogen) atoms. The van der Waals surface area contributed by atoms with Crippen molar-refractivity contribution in [3.63, 3.8) is 0 Å². The zero-order valence-corrected chi connectivity index (χ0v) is 14.5. The lowest BCUT2D eigenvalue weighted by Gasteiger charge is -2.15. The quantitative estimate of drug-likeness (QED) is 0.447. The van der Waals surface area contributed by atoms with Crippen molar-refractivity contribution in [1.29, 1.82) is 0 Å². The van der Waals surface area contributed by atoms with Crippen LogP contribution in [-0.2, 0) is 0 Å². The Morgan fingerprint density at radius 2 is 1.78 bits per heavy atom. The van der Waals surface area contributed by atoms with Crippen LogP contribution < -0.4 is 5.43 Å². The van der Waals surface area contributed by atoms with Gasteiger partial charge in [0.2, 0.25) is 0 Å². The van der Waals surface area contributed by atoms with E-state index in [9.17, 15) is 20.2 Å². The summed E-state index contributed by atoms with van der Waals surface area (Å²) in [5, 5.41) is 26.6. The predicted octanol–water partition coefficient (Wildman–Crippen LogP) is 4.82. The Morgan fingerprint density at radius 3 is 2.41 bits per heavy atom. The molecule has 0 atom stereocenters. The number of hydrogen-bond acceptors (Lipinski definition) is 6. The van der Waals surface area contributed by atoms with Crippen molar-refractivity contribution in [2.75, 3.05) is 5.43 Å². The summed E-state index contributed by atoms with van der Waals surface area (Å²) >= 11 is 0. The van der Waals surface area contributed by atoms with Gasteiger partial charge >= 0.3 is 5.69 Å². The van der Waals surface area contributed by atoms with Gasteiger partial charge in [0.25, 0.3) is 5.69 Å². The molecule has 138 valence electrons. The van der Waals surface area contributed by atoms with E-state index in [0.717, 1.165) is 48.6 Å². The van der Waals surface area contributed by atoms with Gasteiger partial charge in [-0.25, -0.2) is 0 Å². The Bertz CT molecular complexity index is 923. The minimum atomic E-state index is -0.664. The summed E-state index contributed by atoms with van der Waals surface area (Å²) in [5.74, 6) is 0. The minimum Gasteiger partial charge on any atom is -0.271 e. The first-order valence-electron chi connectivity index (χ1n) is 8.57. The van der Waals surface area contributed by atoms with Gasteiger partial charge in [0.15, 0.2) is 0 Å². The first-order valence-corrected chi connectivity index (χ1v) is 8.57. The third kappa shape index (κ3) is 4.35. The van der Waals surface area contributed by atoms with E-state index in [1.807, 2.05) is 30.3 Å². The number of benzene rings is 2. The highest BCUT2D eigenvalue weighted by atomic mass is 16.6. The van der Waals surface area contributed by atoms with Crippen LogP contribution in [0.25, 0.3) is 0 Å². The third-order valence-electron chi connectivity index (χ3n) is 4.32. The third-order valence-corrected chi connectivity index (χ3v) is 4.32. The molecule has 0 aliphatic heterocycles. The number of rotatable bonds is 6. The van der Waals surface area contributed by atoms with Crippen molar-refractivity contribution < 1.29 is 9.85 Å². The van der Waals surface area contributed by atoms with Crippen LogP contribution in [0.1, 0.15) is 31.2 Å². The average Bonchev–Trinajstić information content (AvgIpc) is 2.69. The zero-order valence-electron chi connectivity index (χ0n) is 14.5. The second-order valence-electron chi connectivity index (χ2n) is 6.13. The molecule has 0 heterocycles. The normalized spacial score (nSPS) is 14.4. The average molecular weight is 366 g/mol. The van der Waals surface area contributed by atoms with Crippen molar-refractivity contribution in [2.24, 2.45) is 5.10 Å². The van der Waals surface area contributed by atoms with Crippen LogP contribution in [0.15, 0.2) is 65.3 Å². The number of hydrogen-bond donors (Lipinski definition) is 1. The molecule has 0 unspecified atom stereocenters. The van der Waals surface area contributed by atoms with E-state index >= 15 is 0 Å². The van der Waals surface area contributed by atoms with Gasteiger partial charge in [-0.1, -0.05) is 36.4 Å². The molecule has 0 saturated carbocycles. The topological polar surface area (TPSA) is 111 Å². The second-order valence-corrected chi connectivity index (χ2v) is 6.13. The van der Waals surface area contributed by atoms with Crippen molar-refractivity contribution in [2.45, 2.75) is 25.7 Å². The Balaban J connectivity index is 1.98. The maximum Gasteiger partial charge on any atom is 0.301 e. The summed E-state index contributed by atoms with van der Waals surface area (Å²) < 4.78 is 0. The number of nitro groups is 2. The summed E-state index contributed by atoms with van der Waals surface area (Å²) in [7, 11) is 0. The molecule has 1 aliphatic carbocycles. The van der Waals surface area contributed by atoms with Crippen molar-refractivity contribution in [3.05, 3.63) is 86.0 Å². The number of hydrazone groups is 1. The lowest BCUT2D eigenvalue weighted by Crippen LogP contribution is -2.11. The Morgan fingerprint density at radius 1 is 1.00 bits per heavy atom. The van der Waals surface area contributed by atoms with E-state index in [4.69, 9.17) is 0 Å². The van der Waals surface area contributed by atoms with E-state index in [2.05, 4.69) is 16.6 Å². The van der Waals surface area contributed by atoms with Gasteiger partial charge in [-0.2, -0.15) is 5.10 Å². The molecule has 0 spiro atoms. The number of non-ortho nitro benzene ring substituents is 1. The summed E-state index contributed by atoms with van der Waals surface area (Å²) in [4.78, 5) is 20.8. The Hall–Kier alpha value is -3.55. The zero-order chi connectivity index (χ0) is 19.2. The summed E-state index contributed by atoms with van der Waals surface area (Å²) in [6.07, 6.45) is 6.19. The Labute approximate surface area is 155 Å². The van der Waals surface area contributed by atoms with Gasteiger partial charge < -0.3 is 0 Å². The highest BCUT2D eigenvalue weighted by molar-refractivity contribution is 6.13. The van der Waals surface area contributed by atoms with Gasteiger partial charge in [0.1, 0.15) is 5.69 Å². The maximum absolute atomic E-state index is 11.3. The smallest absolute Gasteiger partial charge is 0.271 e. The van der Waals surface area contributed by atoms with Crippen molar-refractivity contribution >= 4 is 22.8 Å². The molecule has 0 saturated heterocycles. The minimum absolute atomic E-state index is 0.107. The van der Waals surface area contributed by atoms with Crippen LogP contribution in [0, 0.1) is 20.2 Å². The molecule has 2 aromatic carbocycles. The molecule has 0 aromatic heterocycles. The molecule has 0 fully saturated rings. The van der Waals surface area contributed by atoms with Gasteiger partial charge in [0.05, 0.1) is 21.6 Å². The molecule has 3 rings (SSSR count). The molecule has 8 nitrogen and oxygen atoms in total. The van der Waals surface area contributed by atoms with Crippen molar-refractivity contribution in [3.8, 4) is 0 Å². The molecular weight excluding hydrogens is 348 g/mol. The number of allylic oxidation sites excluding steroid dienone is 2. The monoisotopic (exact) mass is 366 g/mol. The van der Waals surface area contributed by atoms with E-state index < -0.39 is 15.5 Å². The van der Waals surface area contributed by atoms with Crippen LogP contribution in [0.2, 0.25) is 0 Å². The van der Waals surface area contributed by atoms with Gasteiger partial charge in [-0.15, -0.1) is 0 Å². The Kier molecular flexibility index (Phi) is 5.55. The number of anilines is 1. The second kappa shape index (κ2) is 8.22. The fourth-order valence-electron chi connectivity index (χ4n) is 2.97. The molecule has 2 aromatic rings. The SMILES string of the molecule is O=[N+]([O-])c1ccc(N/N=C(\C2=CCCCC2)c2ccccc2)c([N+](=O)[O-])c1. The van der Waals surface area contributed by atoms with Crippen LogP contribution in [0.4, 0.5) is 17.1 Å². The fraction of sp³-hybridized carbons (Fsp3) is 0.211. The fourth-order valence-corrected chi connectivity index (χ4v) is 2.97. The van der Waals surface area contributed by atoms with Crippen LogP contribution in [0.3, 0.4) is 0 Å². The van der Waals surface area contributed by atoms with Crippen molar-refractivity contribution in [1.82, 2.24) is 0 Å². The largest absolute Gasteiger partial charge is 0.301 e. The first kappa shape index (κ1) is 18.2. The molecular formula is C19H18N4O4. The van der Waals surface area contributed by atoms with E-state index in [-0.39, 0.29) is 11.4 Å². The lowest BCUT2D eigenvalue weighted by molar-refractivity contribution is -0.393. The number of nitrogens with one attached hydrogen (secondary N) is 1. The van der Waals surface area contributed by atoms with Crippen LogP contribution in [0.5, 0.6) is 0 Å². The number of nitro benzene ring substituents is 2. The molecule has 1 N–H and O–H groups in total. The first-order chi connectivity index (χ1) is 13.1. The van der Waals surface area contributed by atoms with Crippen LogP contribution >= 0.6 is 0 Å². The van der Waals surface area contributed by atoms with Gasteiger partial charge in [0, 0.05) is 11.6 Å².